The minimum Gasteiger partial charge on any atom is -0.478 e. The molecule has 21 heavy (non-hydrogen) atoms. The van der Waals surface area contributed by atoms with E-state index in [4.69, 9.17) is 9.52 Å². The molecule has 2 aromatic rings. The van der Waals surface area contributed by atoms with Crippen LogP contribution in [0, 0.1) is 13.8 Å². The number of aryl methyl sites for hydroxylation is 2. The van der Waals surface area contributed by atoms with Crippen LogP contribution in [0.5, 0.6) is 0 Å². The van der Waals surface area contributed by atoms with E-state index < -0.39 is 16.0 Å². The summed E-state index contributed by atoms with van der Waals surface area (Å²) in [4.78, 5) is 11.0. The Balaban J connectivity index is 2.23. The Morgan fingerprint density at radius 3 is 2.52 bits per heavy atom. The highest BCUT2D eigenvalue weighted by atomic mass is 32.2. The van der Waals surface area contributed by atoms with Crippen molar-refractivity contribution in [2.75, 3.05) is 0 Å². The second-order valence-corrected chi connectivity index (χ2v) is 6.39. The molecule has 2 rings (SSSR count). The van der Waals surface area contributed by atoms with Crippen molar-refractivity contribution in [1.82, 2.24) is 4.72 Å². The van der Waals surface area contributed by atoms with Crippen LogP contribution < -0.4 is 4.72 Å². The zero-order chi connectivity index (χ0) is 15.6. The maximum absolute atomic E-state index is 12.2. The van der Waals surface area contributed by atoms with Gasteiger partial charge in [-0.3, -0.25) is 0 Å². The average Bonchev–Trinajstić information content (AvgIpc) is 2.82. The standard InChI is InChI=1S/C14H15NO5S/c1-9-3-6-12(7-13(9)14(16)17)21(18,19)15-8-11-5-4-10(2)20-11/h3-7,15H,8H2,1-2H3,(H,16,17). The fourth-order valence-corrected chi connectivity index (χ4v) is 2.85. The zero-order valence-electron chi connectivity index (χ0n) is 11.6. The molecule has 7 heteroatoms. The smallest absolute Gasteiger partial charge is 0.335 e. The van der Waals surface area contributed by atoms with Gasteiger partial charge in [0.15, 0.2) is 0 Å². The van der Waals surface area contributed by atoms with Crippen molar-refractivity contribution in [3.05, 3.63) is 53.0 Å². The summed E-state index contributed by atoms with van der Waals surface area (Å²) < 4.78 is 32.0. The van der Waals surface area contributed by atoms with Crippen LogP contribution in [0.3, 0.4) is 0 Å². The number of sulfonamides is 1. The molecular weight excluding hydrogens is 294 g/mol. The predicted octanol–water partition coefficient (Wildman–Crippen LogP) is 2.07. The molecule has 2 N–H and O–H groups in total. The molecule has 0 spiro atoms. The number of nitrogens with one attached hydrogen (secondary N) is 1. The molecule has 0 atom stereocenters. The summed E-state index contributed by atoms with van der Waals surface area (Å²) in [6, 6.07) is 7.40. The normalized spacial score (nSPS) is 11.5. The molecule has 0 fully saturated rings. The summed E-state index contributed by atoms with van der Waals surface area (Å²) >= 11 is 0. The molecule has 6 nitrogen and oxygen atoms in total. The van der Waals surface area contributed by atoms with Crippen molar-refractivity contribution in [2.45, 2.75) is 25.3 Å². The molecule has 112 valence electrons. The lowest BCUT2D eigenvalue weighted by Crippen LogP contribution is -2.23. The number of aromatic carboxylic acids is 1. The molecular formula is C14H15NO5S. The van der Waals surface area contributed by atoms with E-state index >= 15 is 0 Å². The highest BCUT2D eigenvalue weighted by molar-refractivity contribution is 7.89. The summed E-state index contributed by atoms with van der Waals surface area (Å²) in [6.45, 7) is 3.38. The van der Waals surface area contributed by atoms with Crippen molar-refractivity contribution in [1.29, 1.82) is 0 Å². The van der Waals surface area contributed by atoms with Gasteiger partial charge in [-0.05, 0) is 43.7 Å². The number of carbonyl (C=O) groups is 1. The van der Waals surface area contributed by atoms with Crippen LogP contribution in [0.1, 0.15) is 27.4 Å². The molecule has 0 saturated carbocycles. The summed E-state index contributed by atoms with van der Waals surface area (Å²) in [5, 5.41) is 9.04. The van der Waals surface area contributed by atoms with E-state index in [0.717, 1.165) is 6.07 Å². The number of hydrogen-bond donors (Lipinski definition) is 2. The number of rotatable bonds is 5. The third-order valence-electron chi connectivity index (χ3n) is 2.98. The molecule has 1 heterocycles. The SMILES string of the molecule is Cc1ccc(CNS(=O)(=O)c2ccc(C)c(C(=O)O)c2)o1. The Hall–Kier alpha value is -2.12. The Morgan fingerprint density at radius 2 is 1.95 bits per heavy atom. The summed E-state index contributed by atoms with van der Waals surface area (Å²) in [5.74, 6) is 0.0144. The molecule has 1 aromatic heterocycles. The molecule has 0 aliphatic carbocycles. The van der Waals surface area contributed by atoms with Gasteiger partial charge in [-0.1, -0.05) is 6.07 Å². The average molecular weight is 309 g/mol. The molecule has 0 radical (unpaired) electrons. The van der Waals surface area contributed by atoms with Crippen LogP contribution in [0.4, 0.5) is 0 Å². The van der Waals surface area contributed by atoms with E-state index in [1.54, 1.807) is 26.0 Å². The van der Waals surface area contributed by atoms with Gasteiger partial charge in [0.1, 0.15) is 11.5 Å². The van der Waals surface area contributed by atoms with E-state index in [-0.39, 0.29) is 17.0 Å². The zero-order valence-corrected chi connectivity index (χ0v) is 12.4. The van der Waals surface area contributed by atoms with Crippen molar-refractivity contribution < 1.29 is 22.7 Å². The fraction of sp³-hybridized carbons (Fsp3) is 0.214. The van der Waals surface area contributed by atoms with Crippen molar-refractivity contribution in [2.24, 2.45) is 0 Å². The van der Waals surface area contributed by atoms with Gasteiger partial charge in [-0.2, -0.15) is 0 Å². The molecule has 0 aliphatic heterocycles. The van der Waals surface area contributed by atoms with Crippen molar-refractivity contribution in [3.63, 3.8) is 0 Å². The van der Waals surface area contributed by atoms with Gasteiger partial charge in [-0.25, -0.2) is 17.9 Å². The van der Waals surface area contributed by atoms with E-state index in [0.29, 0.717) is 17.1 Å². The lowest BCUT2D eigenvalue weighted by atomic mass is 10.1. The van der Waals surface area contributed by atoms with Gasteiger partial charge in [0.2, 0.25) is 10.0 Å². The van der Waals surface area contributed by atoms with Crippen LogP contribution in [0.15, 0.2) is 39.6 Å². The molecule has 0 aliphatic rings. The number of carboxylic acids is 1. The Labute approximate surface area is 122 Å². The maximum atomic E-state index is 12.2. The second-order valence-electron chi connectivity index (χ2n) is 4.62. The third kappa shape index (κ3) is 3.50. The highest BCUT2D eigenvalue weighted by Crippen LogP contribution is 2.16. The minimum absolute atomic E-state index is 0.00640. The predicted molar refractivity (Wildman–Crippen MR) is 75.6 cm³/mol. The number of furan rings is 1. The summed E-state index contributed by atoms with van der Waals surface area (Å²) in [5.41, 5.74) is 0.467. The molecule has 1 aromatic carbocycles. The van der Waals surface area contributed by atoms with Gasteiger partial charge in [0, 0.05) is 0 Å². The lowest BCUT2D eigenvalue weighted by molar-refractivity contribution is 0.0696. The Bertz CT molecular complexity index is 776. The minimum atomic E-state index is -3.80. The van der Waals surface area contributed by atoms with Crippen LogP contribution in [0.2, 0.25) is 0 Å². The van der Waals surface area contributed by atoms with Gasteiger partial charge in [-0.15, -0.1) is 0 Å². The van der Waals surface area contributed by atoms with Crippen molar-refractivity contribution in [3.8, 4) is 0 Å². The van der Waals surface area contributed by atoms with Gasteiger partial charge in [0.05, 0.1) is 17.0 Å². The van der Waals surface area contributed by atoms with Crippen LogP contribution in [-0.2, 0) is 16.6 Å². The largest absolute Gasteiger partial charge is 0.478 e. The van der Waals surface area contributed by atoms with Crippen LogP contribution in [0.25, 0.3) is 0 Å². The second kappa shape index (κ2) is 5.71. The van der Waals surface area contributed by atoms with Crippen LogP contribution >= 0.6 is 0 Å². The van der Waals surface area contributed by atoms with E-state index in [9.17, 15) is 13.2 Å². The number of carboxylic acid groups (broad SMARTS) is 1. The number of benzene rings is 1. The van der Waals surface area contributed by atoms with E-state index in [1.165, 1.54) is 12.1 Å². The topological polar surface area (TPSA) is 96.6 Å². The Kier molecular flexibility index (Phi) is 4.15. The first-order valence-electron chi connectivity index (χ1n) is 6.18. The van der Waals surface area contributed by atoms with Crippen LogP contribution in [-0.4, -0.2) is 19.5 Å². The van der Waals surface area contributed by atoms with Gasteiger partial charge < -0.3 is 9.52 Å². The summed E-state index contributed by atoms with van der Waals surface area (Å²) in [7, 11) is -3.80. The first-order valence-corrected chi connectivity index (χ1v) is 7.67. The molecule has 0 bridgehead atoms. The maximum Gasteiger partial charge on any atom is 0.335 e. The third-order valence-corrected chi connectivity index (χ3v) is 4.38. The first kappa shape index (κ1) is 15.3. The molecule has 0 unspecified atom stereocenters. The highest BCUT2D eigenvalue weighted by Gasteiger charge is 2.18. The monoisotopic (exact) mass is 309 g/mol. The van der Waals surface area contributed by atoms with Gasteiger partial charge in [0.25, 0.3) is 0 Å². The number of hydrogen-bond acceptors (Lipinski definition) is 4. The van der Waals surface area contributed by atoms with Crippen molar-refractivity contribution >= 4 is 16.0 Å². The quantitative estimate of drug-likeness (QED) is 0.881. The van der Waals surface area contributed by atoms with Gasteiger partial charge >= 0.3 is 5.97 Å². The lowest BCUT2D eigenvalue weighted by Gasteiger charge is -2.08. The molecule has 0 saturated heterocycles. The van der Waals surface area contributed by atoms with E-state index in [1.807, 2.05) is 0 Å². The first-order chi connectivity index (χ1) is 9.79. The fourth-order valence-electron chi connectivity index (χ4n) is 1.83. The van der Waals surface area contributed by atoms with E-state index in [2.05, 4.69) is 4.72 Å². The Morgan fingerprint density at radius 1 is 1.24 bits per heavy atom. The molecule has 0 amide bonds. The summed E-state index contributed by atoms with van der Waals surface area (Å²) in [6.07, 6.45) is 0.